The van der Waals surface area contributed by atoms with Crippen LogP contribution >= 0.6 is 0 Å². The lowest BCUT2D eigenvalue weighted by Crippen LogP contribution is -2.56. The molecule has 1 aliphatic heterocycles. The van der Waals surface area contributed by atoms with Gasteiger partial charge in [0.2, 0.25) is 5.91 Å². The number of carbonyl (C=O) groups is 2. The molecule has 1 aromatic rings. The highest BCUT2D eigenvalue weighted by molar-refractivity contribution is 5.88. The number of fused-ring (bicyclic) bond motifs is 3. The summed E-state index contributed by atoms with van der Waals surface area (Å²) in [6, 6.07) is 0. The van der Waals surface area contributed by atoms with Gasteiger partial charge in [0.25, 0.3) is 0 Å². The molecule has 0 aromatic carbocycles. The molecule has 0 bridgehead atoms. The molecule has 23 heavy (non-hydrogen) atoms. The van der Waals surface area contributed by atoms with E-state index in [9.17, 15) is 14.7 Å². The van der Waals surface area contributed by atoms with Crippen molar-refractivity contribution in [3.8, 4) is 0 Å². The third-order valence-corrected chi connectivity index (χ3v) is 6.00. The first kappa shape index (κ1) is 13.5. The van der Waals surface area contributed by atoms with Gasteiger partial charge in [-0.2, -0.15) is 5.10 Å². The Kier molecular flexibility index (Phi) is 2.56. The van der Waals surface area contributed by atoms with Gasteiger partial charge in [0, 0.05) is 30.9 Å². The molecule has 1 spiro atoms. The molecule has 1 amide bonds. The standard InChI is InChI=1S/C16H20N4O3/c21-12(19-4-3-17-8-16(19)1-2-16)7-20-11-6-9-5-10(9)13(11)14(18-20)15(22)23/h9-10,17H,1-8H2,(H,22,23). The van der Waals surface area contributed by atoms with Gasteiger partial charge < -0.3 is 15.3 Å². The van der Waals surface area contributed by atoms with Crippen LogP contribution in [-0.2, 0) is 17.8 Å². The van der Waals surface area contributed by atoms with Crippen LogP contribution in [0.5, 0.6) is 0 Å². The smallest absolute Gasteiger partial charge is 0.356 e. The van der Waals surface area contributed by atoms with Gasteiger partial charge in [-0.1, -0.05) is 0 Å². The molecule has 7 heteroatoms. The number of carboxylic acids is 1. The van der Waals surface area contributed by atoms with Crippen molar-refractivity contribution >= 4 is 11.9 Å². The first-order chi connectivity index (χ1) is 11.1. The Morgan fingerprint density at radius 2 is 2.22 bits per heavy atom. The van der Waals surface area contributed by atoms with Crippen LogP contribution in [0.3, 0.4) is 0 Å². The Labute approximate surface area is 133 Å². The first-order valence-corrected chi connectivity index (χ1v) is 8.43. The molecule has 3 fully saturated rings. The molecule has 7 nitrogen and oxygen atoms in total. The third-order valence-electron chi connectivity index (χ3n) is 6.00. The number of amides is 1. The van der Waals surface area contributed by atoms with E-state index in [-0.39, 0.29) is 23.7 Å². The normalized spacial score (nSPS) is 29.3. The molecule has 0 radical (unpaired) electrons. The zero-order valence-corrected chi connectivity index (χ0v) is 12.9. The molecule has 122 valence electrons. The largest absolute Gasteiger partial charge is 0.476 e. The van der Waals surface area contributed by atoms with Crippen molar-refractivity contribution in [2.45, 2.75) is 43.7 Å². The van der Waals surface area contributed by atoms with Crippen LogP contribution < -0.4 is 5.32 Å². The van der Waals surface area contributed by atoms with E-state index in [4.69, 9.17) is 0 Å². The molecule has 4 aliphatic rings. The summed E-state index contributed by atoms with van der Waals surface area (Å²) in [4.78, 5) is 26.2. The van der Waals surface area contributed by atoms with Gasteiger partial charge in [0.15, 0.2) is 5.69 Å². The van der Waals surface area contributed by atoms with E-state index in [0.29, 0.717) is 11.8 Å². The van der Waals surface area contributed by atoms with Crippen LogP contribution in [-0.4, -0.2) is 56.8 Å². The Bertz CT molecular complexity index is 721. The molecule has 5 rings (SSSR count). The minimum absolute atomic E-state index is 0.0173. The summed E-state index contributed by atoms with van der Waals surface area (Å²) < 4.78 is 1.67. The summed E-state index contributed by atoms with van der Waals surface area (Å²) in [5.74, 6) is 0.0537. The van der Waals surface area contributed by atoms with Crippen LogP contribution in [0.25, 0.3) is 0 Å². The zero-order chi connectivity index (χ0) is 15.8. The maximum atomic E-state index is 12.8. The molecular formula is C16H20N4O3. The van der Waals surface area contributed by atoms with Crippen LogP contribution in [0.2, 0.25) is 0 Å². The minimum atomic E-state index is -0.971. The van der Waals surface area contributed by atoms with Crippen molar-refractivity contribution < 1.29 is 14.7 Å². The number of piperazine rings is 1. The Hall–Kier alpha value is -1.89. The lowest BCUT2D eigenvalue weighted by atomic mass is 10.1. The van der Waals surface area contributed by atoms with Gasteiger partial charge >= 0.3 is 5.97 Å². The van der Waals surface area contributed by atoms with Gasteiger partial charge in [0.05, 0.1) is 5.54 Å². The van der Waals surface area contributed by atoms with Crippen molar-refractivity contribution in [3.05, 3.63) is 17.0 Å². The molecule has 2 unspecified atom stereocenters. The predicted octanol–water partition coefficient (Wildman–Crippen LogP) is 0.205. The number of hydrogen-bond acceptors (Lipinski definition) is 4. The van der Waals surface area contributed by atoms with E-state index in [1.54, 1.807) is 4.68 Å². The molecule has 1 aromatic heterocycles. The number of hydrogen-bond donors (Lipinski definition) is 2. The van der Waals surface area contributed by atoms with Crippen LogP contribution in [0.15, 0.2) is 0 Å². The fourth-order valence-corrected chi connectivity index (χ4v) is 4.52. The lowest BCUT2D eigenvalue weighted by molar-refractivity contribution is -0.136. The van der Waals surface area contributed by atoms with E-state index in [2.05, 4.69) is 10.4 Å². The highest BCUT2D eigenvalue weighted by Gasteiger charge is 2.52. The number of rotatable bonds is 3. The van der Waals surface area contributed by atoms with E-state index in [0.717, 1.165) is 56.6 Å². The van der Waals surface area contributed by atoms with Crippen molar-refractivity contribution in [2.24, 2.45) is 5.92 Å². The Balaban J connectivity index is 1.43. The number of carboxylic acid groups (broad SMARTS) is 1. The quantitative estimate of drug-likeness (QED) is 0.832. The van der Waals surface area contributed by atoms with Crippen molar-refractivity contribution in [1.29, 1.82) is 0 Å². The Morgan fingerprint density at radius 1 is 1.39 bits per heavy atom. The third kappa shape index (κ3) is 1.89. The summed E-state index contributed by atoms with van der Waals surface area (Å²) >= 11 is 0. The van der Waals surface area contributed by atoms with E-state index < -0.39 is 5.97 Å². The minimum Gasteiger partial charge on any atom is -0.476 e. The zero-order valence-electron chi connectivity index (χ0n) is 12.9. The molecular weight excluding hydrogens is 296 g/mol. The van der Waals surface area contributed by atoms with Crippen LogP contribution in [0.4, 0.5) is 0 Å². The van der Waals surface area contributed by atoms with E-state index in [1.165, 1.54) is 0 Å². The number of carbonyl (C=O) groups excluding carboxylic acids is 1. The molecule has 3 aliphatic carbocycles. The average Bonchev–Trinajstić information content (AvgIpc) is 3.40. The topological polar surface area (TPSA) is 87.5 Å². The fraction of sp³-hybridized carbons (Fsp3) is 0.688. The second-order valence-electron chi connectivity index (χ2n) is 7.42. The maximum Gasteiger partial charge on any atom is 0.356 e. The molecule has 2 saturated carbocycles. The summed E-state index contributed by atoms with van der Waals surface area (Å²) in [5.41, 5.74) is 2.07. The predicted molar refractivity (Wildman–Crippen MR) is 80.3 cm³/mol. The van der Waals surface area contributed by atoms with Gasteiger partial charge in [-0.25, -0.2) is 4.79 Å². The van der Waals surface area contributed by atoms with Crippen LogP contribution in [0.1, 0.15) is 46.9 Å². The van der Waals surface area contributed by atoms with Crippen molar-refractivity contribution in [2.75, 3.05) is 19.6 Å². The first-order valence-electron chi connectivity index (χ1n) is 8.43. The van der Waals surface area contributed by atoms with Crippen molar-refractivity contribution in [3.63, 3.8) is 0 Å². The average molecular weight is 316 g/mol. The second kappa shape index (κ2) is 4.35. The SMILES string of the molecule is O=C(O)c1nn(CC(=O)N2CCNCC23CC3)c2c1C1CC1C2. The van der Waals surface area contributed by atoms with Gasteiger partial charge in [0.1, 0.15) is 6.54 Å². The molecule has 1 saturated heterocycles. The molecule has 2 N–H and O–H groups in total. The van der Waals surface area contributed by atoms with E-state index in [1.807, 2.05) is 4.90 Å². The van der Waals surface area contributed by atoms with E-state index >= 15 is 0 Å². The highest BCUT2D eigenvalue weighted by Crippen LogP contribution is 2.57. The summed E-state index contributed by atoms with van der Waals surface area (Å²) in [6.07, 6.45) is 4.08. The number of nitrogens with zero attached hydrogens (tertiary/aromatic N) is 3. The monoisotopic (exact) mass is 316 g/mol. The van der Waals surface area contributed by atoms with Crippen molar-refractivity contribution in [1.82, 2.24) is 20.0 Å². The number of aromatic nitrogens is 2. The summed E-state index contributed by atoms with van der Waals surface area (Å²) in [5, 5.41) is 17.0. The Morgan fingerprint density at radius 3 is 2.96 bits per heavy atom. The number of nitrogens with one attached hydrogen (secondary N) is 1. The number of aromatic carboxylic acids is 1. The second-order valence-corrected chi connectivity index (χ2v) is 7.42. The lowest BCUT2D eigenvalue weighted by Gasteiger charge is -2.37. The highest BCUT2D eigenvalue weighted by atomic mass is 16.4. The van der Waals surface area contributed by atoms with Gasteiger partial charge in [-0.15, -0.1) is 0 Å². The van der Waals surface area contributed by atoms with Gasteiger partial charge in [-0.05, 0) is 37.5 Å². The summed E-state index contributed by atoms with van der Waals surface area (Å²) in [7, 11) is 0. The molecule has 2 atom stereocenters. The molecule has 2 heterocycles. The fourth-order valence-electron chi connectivity index (χ4n) is 4.52. The maximum absolute atomic E-state index is 12.8. The summed E-state index contributed by atoms with van der Waals surface area (Å²) in [6.45, 7) is 2.62. The van der Waals surface area contributed by atoms with Gasteiger partial charge in [-0.3, -0.25) is 9.48 Å². The van der Waals surface area contributed by atoms with Crippen LogP contribution in [0, 0.1) is 5.92 Å².